The van der Waals surface area contributed by atoms with Crippen LogP contribution >= 0.6 is 0 Å². The fraction of sp³-hybridized carbons (Fsp3) is 0.308. The Labute approximate surface area is 319 Å². The molecule has 270 valence electrons. The van der Waals surface area contributed by atoms with E-state index in [0.717, 1.165) is 0 Å². The molecule has 0 unspecified atom stereocenters. The zero-order valence-corrected chi connectivity index (χ0v) is 34.1. The fourth-order valence-corrected chi connectivity index (χ4v) is 9.49. The van der Waals surface area contributed by atoms with E-state index in [9.17, 15) is 0 Å². The van der Waals surface area contributed by atoms with E-state index in [-0.39, 0.29) is 21.7 Å². The van der Waals surface area contributed by atoms with Crippen molar-refractivity contribution in [2.45, 2.75) is 105 Å². The fourth-order valence-electron chi connectivity index (χ4n) is 9.49. The van der Waals surface area contributed by atoms with E-state index in [0.29, 0.717) is 0 Å². The minimum Gasteiger partial charge on any atom is -0.308 e. The van der Waals surface area contributed by atoms with Crippen LogP contribution in [0.1, 0.15) is 105 Å². The van der Waals surface area contributed by atoms with E-state index in [1.165, 1.54) is 110 Å². The number of rotatable bonds is 1. The van der Waals surface area contributed by atoms with E-state index >= 15 is 0 Å². The zero-order valence-electron chi connectivity index (χ0n) is 34.1. The minimum atomic E-state index is 0.0196. The minimum absolute atomic E-state index is 0.0196. The molecular weight excluding hydrogens is 653 g/mol. The van der Waals surface area contributed by atoms with Gasteiger partial charge in [0, 0.05) is 48.7 Å². The van der Waals surface area contributed by atoms with Gasteiger partial charge in [-0.1, -0.05) is 150 Å². The highest BCUT2D eigenvalue weighted by molar-refractivity contribution is 6.45. The van der Waals surface area contributed by atoms with Crippen LogP contribution < -0.4 is 0 Å². The summed E-state index contributed by atoms with van der Waals surface area (Å²) in [5.74, 6) is 0. The van der Waals surface area contributed by atoms with Gasteiger partial charge in [0.15, 0.2) is 0 Å². The zero-order chi connectivity index (χ0) is 38.0. The van der Waals surface area contributed by atoms with Crippen molar-refractivity contribution in [3.8, 4) is 11.1 Å². The lowest BCUT2D eigenvalue weighted by atomic mass is 9.79. The van der Waals surface area contributed by atoms with Crippen molar-refractivity contribution >= 4 is 76.2 Å². The number of aromatic nitrogens is 2. The van der Waals surface area contributed by atoms with Gasteiger partial charge in [-0.25, -0.2) is 0 Å². The summed E-state index contributed by atoms with van der Waals surface area (Å²) in [5, 5.41) is 10.9. The Balaban J connectivity index is 1.51. The normalized spacial score (nSPS) is 13.9. The summed E-state index contributed by atoms with van der Waals surface area (Å²) < 4.78 is 5.24. The summed E-state index contributed by atoms with van der Waals surface area (Å²) >= 11 is 0. The molecule has 0 spiro atoms. The monoisotopic (exact) mass is 704 g/mol. The smallest absolute Gasteiger partial charge is 0.0634 e. The Morgan fingerprint density at radius 1 is 0.333 bits per heavy atom. The third-order valence-electron chi connectivity index (χ3n) is 12.6. The highest BCUT2D eigenvalue weighted by Crippen LogP contribution is 2.53. The number of hydrogen-bond acceptors (Lipinski definition) is 0. The second-order valence-electron chi connectivity index (χ2n) is 20.3. The van der Waals surface area contributed by atoms with Crippen LogP contribution in [-0.4, -0.2) is 8.80 Å². The largest absolute Gasteiger partial charge is 0.308 e. The van der Waals surface area contributed by atoms with Crippen LogP contribution in [0.4, 0.5) is 0 Å². The van der Waals surface area contributed by atoms with Gasteiger partial charge in [0.1, 0.15) is 0 Å². The van der Waals surface area contributed by atoms with Crippen LogP contribution in [0, 0.1) is 0 Å². The predicted molar refractivity (Wildman–Crippen MR) is 236 cm³/mol. The second kappa shape index (κ2) is 10.4. The van der Waals surface area contributed by atoms with Gasteiger partial charge < -0.3 is 8.80 Å². The van der Waals surface area contributed by atoms with Gasteiger partial charge in [0.25, 0.3) is 0 Å². The average Bonchev–Trinajstić information content (AvgIpc) is 3.82. The maximum absolute atomic E-state index is 2.66. The molecule has 0 bridgehead atoms. The number of hydrogen-bond donors (Lipinski definition) is 0. The highest BCUT2D eigenvalue weighted by Gasteiger charge is 2.31. The highest BCUT2D eigenvalue weighted by atomic mass is 14.9. The van der Waals surface area contributed by atoms with Crippen LogP contribution in [0.5, 0.6) is 0 Å². The lowest BCUT2D eigenvalue weighted by Crippen LogP contribution is -2.16. The Hall–Kier alpha value is -5.08. The Kier molecular flexibility index (Phi) is 6.42. The first-order chi connectivity index (χ1) is 25.3. The maximum Gasteiger partial charge on any atom is 0.0634 e. The molecule has 10 rings (SSSR count). The molecule has 0 saturated heterocycles. The first-order valence-electron chi connectivity index (χ1n) is 19.9. The van der Waals surface area contributed by atoms with Gasteiger partial charge in [0.05, 0.1) is 33.1 Å². The molecule has 0 radical (unpaired) electrons. The maximum atomic E-state index is 2.66. The summed E-state index contributed by atoms with van der Waals surface area (Å²) in [7, 11) is 0. The summed E-state index contributed by atoms with van der Waals surface area (Å²) in [6, 6.07) is 38.1. The van der Waals surface area contributed by atoms with Crippen molar-refractivity contribution in [2.24, 2.45) is 0 Å². The number of para-hydroxylation sites is 2. The van der Waals surface area contributed by atoms with Crippen LogP contribution in [0.2, 0.25) is 0 Å². The Morgan fingerprint density at radius 3 is 1.33 bits per heavy atom. The molecule has 0 aliphatic heterocycles. The standard InChI is InChI=1S/C52H52N2/c1-49(2,3)30-20-22-40-37(27-30)45-43-36-18-15-17-34(29-24-32(51(7,8)9)26-33(25-29)52(10,11)12)46(36)54-41-23-21-31(50(4,5)6)28-38(41)44(48(43)54)42-35-16-13-14-19-39(35)53(40)47(42)45/h13-28H,1-12H3. The molecule has 0 amide bonds. The molecule has 10 aromatic rings. The van der Waals surface area contributed by atoms with Gasteiger partial charge >= 0.3 is 0 Å². The summed E-state index contributed by atoms with van der Waals surface area (Å²) in [5.41, 5.74) is 16.0. The van der Waals surface area contributed by atoms with Crippen LogP contribution in [-0.2, 0) is 21.7 Å². The molecule has 0 aliphatic carbocycles. The van der Waals surface area contributed by atoms with Gasteiger partial charge in [-0.3, -0.25) is 0 Å². The summed E-state index contributed by atoms with van der Waals surface area (Å²) in [6.45, 7) is 28.1. The Bertz CT molecular complexity index is 3140. The van der Waals surface area contributed by atoms with Gasteiger partial charge in [0.2, 0.25) is 0 Å². The molecular formula is C52H52N2. The molecule has 6 aromatic carbocycles. The molecule has 4 heterocycles. The molecule has 0 fully saturated rings. The molecule has 2 heteroatoms. The number of fused-ring (bicyclic) bond motifs is 14. The number of nitrogens with zero attached hydrogens (tertiary/aromatic N) is 2. The Morgan fingerprint density at radius 2 is 0.778 bits per heavy atom. The van der Waals surface area contributed by atoms with E-state index in [1.807, 2.05) is 0 Å². The predicted octanol–water partition coefficient (Wildman–Crippen LogP) is 14.8. The van der Waals surface area contributed by atoms with Gasteiger partial charge in [-0.2, -0.15) is 0 Å². The van der Waals surface area contributed by atoms with Crippen LogP contribution in [0.3, 0.4) is 0 Å². The average molecular weight is 705 g/mol. The number of benzene rings is 6. The first-order valence-corrected chi connectivity index (χ1v) is 19.9. The lowest BCUT2D eigenvalue weighted by Gasteiger charge is -2.26. The van der Waals surface area contributed by atoms with Gasteiger partial charge in [-0.05, 0) is 79.8 Å². The molecule has 0 N–H and O–H groups in total. The molecule has 0 atom stereocenters. The van der Waals surface area contributed by atoms with E-state index in [2.05, 4.69) is 189 Å². The molecule has 0 aliphatic rings. The second-order valence-corrected chi connectivity index (χ2v) is 20.3. The quantitative estimate of drug-likeness (QED) is 0.161. The van der Waals surface area contributed by atoms with Crippen molar-refractivity contribution in [3.05, 3.63) is 119 Å². The van der Waals surface area contributed by atoms with Crippen molar-refractivity contribution in [1.29, 1.82) is 0 Å². The van der Waals surface area contributed by atoms with Crippen molar-refractivity contribution < 1.29 is 0 Å². The third kappa shape index (κ3) is 4.40. The van der Waals surface area contributed by atoms with Crippen molar-refractivity contribution in [2.75, 3.05) is 0 Å². The summed E-state index contributed by atoms with van der Waals surface area (Å²) in [4.78, 5) is 0. The van der Waals surface area contributed by atoms with E-state index in [1.54, 1.807) is 0 Å². The van der Waals surface area contributed by atoms with Crippen LogP contribution in [0.15, 0.2) is 97.1 Å². The van der Waals surface area contributed by atoms with Gasteiger partial charge in [-0.15, -0.1) is 0 Å². The SMILES string of the molecule is CC(C)(C)c1cc(-c2cccc3c4c5c6cc(C(C)(C)C)ccc6n6c7ccccc7c(c7c8cc(C(C)(C)C)ccc8n(c23)c74)c56)cc(C(C)(C)C)c1. The molecule has 54 heavy (non-hydrogen) atoms. The van der Waals surface area contributed by atoms with Crippen molar-refractivity contribution in [1.82, 2.24) is 8.80 Å². The van der Waals surface area contributed by atoms with Crippen molar-refractivity contribution in [3.63, 3.8) is 0 Å². The summed E-state index contributed by atoms with van der Waals surface area (Å²) in [6.07, 6.45) is 0. The molecule has 2 nitrogen and oxygen atoms in total. The topological polar surface area (TPSA) is 8.82 Å². The van der Waals surface area contributed by atoms with E-state index in [4.69, 9.17) is 0 Å². The molecule has 0 saturated carbocycles. The lowest BCUT2D eigenvalue weighted by molar-refractivity contribution is 0.569. The van der Waals surface area contributed by atoms with Crippen LogP contribution in [0.25, 0.3) is 87.3 Å². The first kappa shape index (κ1) is 33.5. The third-order valence-corrected chi connectivity index (χ3v) is 12.6. The molecule has 4 aromatic heterocycles. The van der Waals surface area contributed by atoms with E-state index < -0.39 is 0 Å².